The minimum Gasteiger partial charge on any atom is -0.376 e. The first-order valence-electron chi connectivity index (χ1n) is 9.75. The number of halogens is 1. The Kier molecular flexibility index (Phi) is 5.94. The Morgan fingerprint density at radius 2 is 2.25 bits per heavy atom. The van der Waals surface area contributed by atoms with Gasteiger partial charge in [0.05, 0.1) is 29.3 Å². The molecule has 1 amide bonds. The van der Waals surface area contributed by atoms with Crippen LogP contribution in [0.3, 0.4) is 0 Å². The first-order valence-corrected chi connectivity index (χ1v) is 11.1. The van der Waals surface area contributed by atoms with Crippen LogP contribution in [-0.2, 0) is 16.1 Å². The molecule has 1 aromatic heterocycles. The Morgan fingerprint density at radius 3 is 2.96 bits per heavy atom. The van der Waals surface area contributed by atoms with Crippen molar-refractivity contribution in [1.82, 2.24) is 14.9 Å². The summed E-state index contributed by atoms with van der Waals surface area (Å²) in [5.74, 6) is 0.794. The molecule has 1 saturated heterocycles. The van der Waals surface area contributed by atoms with Crippen molar-refractivity contribution >= 4 is 40.2 Å². The van der Waals surface area contributed by atoms with Gasteiger partial charge in [-0.1, -0.05) is 23.4 Å². The standard InChI is InChI=1S/C20H24ClN3O3S/c1-12(13-4-5-13)22-18(25)11-28-20-23-17-9-14(21)6-7-16(17)19(26)24(20)10-15-3-2-8-27-15/h6-7,9,12-13,15H,2-5,8,10-11H2,1H3,(H,22,25)/t12-,15-/m0/s1. The zero-order valence-electron chi connectivity index (χ0n) is 15.8. The van der Waals surface area contributed by atoms with E-state index in [9.17, 15) is 9.59 Å². The topological polar surface area (TPSA) is 73.2 Å². The van der Waals surface area contributed by atoms with Gasteiger partial charge in [-0.25, -0.2) is 4.98 Å². The van der Waals surface area contributed by atoms with E-state index in [0.29, 0.717) is 33.5 Å². The number of carbonyl (C=O) groups is 1. The average molecular weight is 422 g/mol. The van der Waals surface area contributed by atoms with E-state index in [1.165, 1.54) is 24.6 Å². The van der Waals surface area contributed by atoms with E-state index in [1.54, 1.807) is 22.8 Å². The predicted molar refractivity (Wildman–Crippen MR) is 111 cm³/mol. The van der Waals surface area contributed by atoms with Crippen molar-refractivity contribution in [2.75, 3.05) is 12.4 Å². The zero-order valence-corrected chi connectivity index (χ0v) is 17.4. The molecule has 1 saturated carbocycles. The summed E-state index contributed by atoms with van der Waals surface area (Å²) in [5, 5.41) is 4.63. The lowest BCUT2D eigenvalue weighted by Gasteiger charge is -2.17. The van der Waals surface area contributed by atoms with E-state index < -0.39 is 0 Å². The van der Waals surface area contributed by atoms with E-state index in [1.807, 2.05) is 6.92 Å². The van der Waals surface area contributed by atoms with Crippen molar-refractivity contribution in [3.05, 3.63) is 33.6 Å². The maximum absolute atomic E-state index is 13.1. The highest BCUT2D eigenvalue weighted by Crippen LogP contribution is 2.32. The van der Waals surface area contributed by atoms with Gasteiger partial charge >= 0.3 is 0 Å². The normalized spacial score (nSPS) is 20.4. The fourth-order valence-electron chi connectivity index (χ4n) is 3.58. The van der Waals surface area contributed by atoms with Gasteiger partial charge < -0.3 is 10.1 Å². The number of carbonyl (C=O) groups excluding carboxylic acids is 1. The van der Waals surface area contributed by atoms with Gasteiger partial charge in [-0.3, -0.25) is 14.2 Å². The highest BCUT2D eigenvalue weighted by atomic mass is 35.5. The van der Waals surface area contributed by atoms with Crippen molar-refractivity contribution in [1.29, 1.82) is 0 Å². The summed E-state index contributed by atoms with van der Waals surface area (Å²) in [7, 11) is 0. The van der Waals surface area contributed by atoms with Crippen LogP contribution in [-0.4, -0.2) is 40.0 Å². The van der Waals surface area contributed by atoms with E-state index in [-0.39, 0.29) is 29.4 Å². The molecule has 2 aromatic rings. The van der Waals surface area contributed by atoms with Crippen molar-refractivity contribution in [2.24, 2.45) is 5.92 Å². The molecule has 1 aliphatic heterocycles. The Balaban J connectivity index is 1.58. The fourth-order valence-corrected chi connectivity index (χ4v) is 4.56. The van der Waals surface area contributed by atoms with Gasteiger partial charge in [0.25, 0.3) is 5.56 Å². The summed E-state index contributed by atoms with van der Waals surface area (Å²) in [6, 6.07) is 5.29. The quantitative estimate of drug-likeness (QED) is 0.548. The maximum Gasteiger partial charge on any atom is 0.262 e. The Hall–Kier alpha value is -1.57. The number of hydrogen-bond donors (Lipinski definition) is 1. The molecule has 2 atom stereocenters. The third-order valence-electron chi connectivity index (χ3n) is 5.34. The third kappa shape index (κ3) is 4.53. The van der Waals surface area contributed by atoms with Crippen LogP contribution in [0, 0.1) is 5.92 Å². The van der Waals surface area contributed by atoms with Crippen LogP contribution in [0.15, 0.2) is 28.2 Å². The first kappa shape index (κ1) is 19.7. The van der Waals surface area contributed by atoms with Crippen molar-refractivity contribution < 1.29 is 9.53 Å². The second-order valence-electron chi connectivity index (χ2n) is 7.59. The largest absolute Gasteiger partial charge is 0.376 e. The van der Waals surface area contributed by atoms with Crippen LogP contribution < -0.4 is 10.9 Å². The monoisotopic (exact) mass is 421 g/mol. The summed E-state index contributed by atoms with van der Waals surface area (Å²) in [5.41, 5.74) is 0.432. The summed E-state index contributed by atoms with van der Waals surface area (Å²) in [6.07, 6.45) is 4.30. The fraction of sp³-hybridized carbons (Fsp3) is 0.550. The molecule has 150 valence electrons. The number of amides is 1. The molecule has 2 fully saturated rings. The molecule has 2 heterocycles. The molecular weight excluding hydrogens is 398 g/mol. The smallest absolute Gasteiger partial charge is 0.262 e. The minimum absolute atomic E-state index is 0.00677. The number of fused-ring (bicyclic) bond motifs is 1. The van der Waals surface area contributed by atoms with Crippen LogP contribution >= 0.6 is 23.4 Å². The molecule has 2 aliphatic rings. The summed E-state index contributed by atoms with van der Waals surface area (Å²) in [6.45, 7) is 3.22. The molecule has 1 aromatic carbocycles. The van der Waals surface area contributed by atoms with Gasteiger partial charge in [0.1, 0.15) is 0 Å². The number of aromatic nitrogens is 2. The van der Waals surface area contributed by atoms with Crippen LogP contribution in [0.25, 0.3) is 10.9 Å². The number of nitrogens with zero attached hydrogens (tertiary/aromatic N) is 2. The lowest BCUT2D eigenvalue weighted by atomic mass is 10.2. The molecule has 0 spiro atoms. The van der Waals surface area contributed by atoms with Gasteiger partial charge in [0, 0.05) is 17.7 Å². The van der Waals surface area contributed by atoms with Gasteiger partial charge in [-0.15, -0.1) is 0 Å². The highest BCUT2D eigenvalue weighted by Gasteiger charge is 2.29. The SMILES string of the molecule is C[C@H](NC(=O)CSc1nc2cc(Cl)ccc2c(=O)n1C[C@@H]1CCCO1)C1CC1. The lowest BCUT2D eigenvalue weighted by Crippen LogP contribution is -2.35. The van der Waals surface area contributed by atoms with Crippen molar-refractivity contribution in [3.63, 3.8) is 0 Å². The second-order valence-corrected chi connectivity index (χ2v) is 8.97. The zero-order chi connectivity index (χ0) is 19.7. The lowest BCUT2D eigenvalue weighted by molar-refractivity contribution is -0.119. The van der Waals surface area contributed by atoms with E-state index in [2.05, 4.69) is 10.3 Å². The number of thioether (sulfide) groups is 1. The third-order valence-corrected chi connectivity index (χ3v) is 6.55. The van der Waals surface area contributed by atoms with Crippen LogP contribution in [0.5, 0.6) is 0 Å². The van der Waals surface area contributed by atoms with Crippen LogP contribution in [0.2, 0.25) is 5.02 Å². The summed E-state index contributed by atoms with van der Waals surface area (Å²) < 4.78 is 7.36. The summed E-state index contributed by atoms with van der Waals surface area (Å²) >= 11 is 7.37. The number of hydrogen-bond acceptors (Lipinski definition) is 5. The Morgan fingerprint density at radius 1 is 1.43 bits per heavy atom. The maximum atomic E-state index is 13.1. The van der Waals surface area contributed by atoms with E-state index in [4.69, 9.17) is 16.3 Å². The number of benzene rings is 1. The molecule has 28 heavy (non-hydrogen) atoms. The van der Waals surface area contributed by atoms with Crippen LogP contribution in [0.4, 0.5) is 0 Å². The molecule has 8 heteroatoms. The molecule has 0 unspecified atom stereocenters. The summed E-state index contributed by atoms with van der Waals surface area (Å²) in [4.78, 5) is 30.0. The molecular formula is C20H24ClN3O3S. The average Bonchev–Trinajstić information content (AvgIpc) is 3.40. The molecule has 1 N–H and O–H groups in total. The van der Waals surface area contributed by atoms with E-state index in [0.717, 1.165) is 19.4 Å². The Labute approximate surface area is 173 Å². The van der Waals surface area contributed by atoms with E-state index >= 15 is 0 Å². The van der Waals surface area contributed by atoms with Crippen LogP contribution in [0.1, 0.15) is 32.6 Å². The molecule has 0 bridgehead atoms. The molecule has 6 nitrogen and oxygen atoms in total. The van der Waals surface area contributed by atoms with Gasteiger partial charge in [0.2, 0.25) is 5.91 Å². The first-order chi connectivity index (χ1) is 13.5. The minimum atomic E-state index is -0.119. The highest BCUT2D eigenvalue weighted by molar-refractivity contribution is 7.99. The van der Waals surface area contributed by atoms with Gasteiger partial charge in [-0.05, 0) is 56.7 Å². The predicted octanol–water partition coefficient (Wildman–Crippen LogP) is 3.24. The Bertz CT molecular complexity index is 938. The number of nitrogens with one attached hydrogen (secondary N) is 1. The molecule has 4 rings (SSSR count). The van der Waals surface area contributed by atoms with Crippen molar-refractivity contribution in [3.8, 4) is 0 Å². The van der Waals surface area contributed by atoms with Gasteiger partial charge in [-0.2, -0.15) is 0 Å². The second kappa shape index (κ2) is 8.43. The van der Waals surface area contributed by atoms with Gasteiger partial charge in [0.15, 0.2) is 5.16 Å². The number of rotatable bonds is 7. The van der Waals surface area contributed by atoms with Crippen molar-refractivity contribution in [2.45, 2.75) is 56.5 Å². The molecule has 0 radical (unpaired) electrons. The molecule has 1 aliphatic carbocycles. The number of ether oxygens (including phenoxy) is 1.